The number of hydrogen-bond acceptors (Lipinski definition) is 5. The van der Waals surface area contributed by atoms with Crippen LogP contribution in [0.15, 0.2) is 30.3 Å². The van der Waals surface area contributed by atoms with Crippen molar-refractivity contribution < 1.29 is 25.2 Å². The lowest BCUT2D eigenvalue weighted by Gasteiger charge is -2.64. The van der Waals surface area contributed by atoms with Gasteiger partial charge in [0.2, 0.25) is 0 Å². The van der Waals surface area contributed by atoms with Crippen LogP contribution in [0.3, 0.4) is 0 Å². The summed E-state index contributed by atoms with van der Waals surface area (Å²) in [5.74, 6) is 1.26. The van der Waals surface area contributed by atoms with Crippen LogP contribution in [0.2, 0.25) is 0 Å². The maximum Gasteiger partial charge on any atom is 0.100 e. The second-order valence-electron chi connectivity index (χ2n) is 12.1. The summed E-state index contributed by atoms with van der Waals surface area (Å²) in [6, 6.07) is 10.0. The van der Waals surface area contributed by atoms with Crippen LogP contribution < -0.4 is 0 Å². The fourth-order valence-corrected chi connectivity index (χ4v) is 8.83. The molecule has 0 bridgehead atoms. The van der Waals surface area contributed by atoms with Gasteiger partial charge in [-0.15, -0.1) is 0 Å². The molecule has 0 aliphatic heterocycles. The van der Waals surface area contributed by atoms with E-state index in [-0.39, 0.29) is 30.7 Å². The van der Waals surface area contributed by atoms with E-state index >= 15 is 0 Å². The van der Waals surface area contributed by atoms with Crippen molar-refractivity contribution in [2.75, 3.05) is 13.2 Å². The largest absolute Gasteiger partial charge is 0.394 e. The average molecular weight is 459 g/mol. The molecule has 184 valence electrons. The van der Waals surface area contributed by atoms with E-state index < -0.39 is 22.7 Å². The zero-order chi connectivity index (χ0) is 23.5. The smallest absolute Gasteiger partial charge is 0.100 e. The maximum absolute atomic E-state index is 12.4. The second-order valence-corrected chi connectivity index (χ2v) is 12.1. The van der Waals surface area contributed by atoms with Gasteiger partial charge in [-0.3, -0.25) is 0 Å². The standard InChI is InChI=1S/C28H42O5/c1-25-12-10-22(33-18-21(30)17-29)16-20(25)8-9-24-23(25)11-13-26(2)27(31,14-15-28(24,26)32)19-6-4-3-5-7-19/h3-7,20-24,29-32H,8-18H2,1-2H3/t20-,21?,22+,23+,24-,25+,26-,27+,28+/m1/s1. The SMILES string of the molecule is C[C@]12CC[C@H](OCC(O)CO)C[C@H]1CC[C@@H]1[C@@H]2CC[C@]2(C)[C@@](O)(c3ccccc3)CC[C@]12O. The number of benzene rings is 1. The van der Waals surface area contributed by atoms with Crippen molar-refractivity contribution in [1.82, 2.24) is 0 Å². The lowest BCUT2D eigenvalue weighted by molar-refractivity contribution is -0.239. The molecule has 0 radical (unpaired) electrons. The molecule has 9 atom stereocenters. The summed E-state index contributed by atoms with van der Waals surface area (Å²) in [5.41, 5.74) is -1.22. The van der Waals surface area contributed by atoms with Gasteiger partial charge >= 0.3 is 0 Å². The Labute approximate surface area is 198 Å². The monoisotopic (exact) mass is 458 g/mol. The minimum atomic E-state index is -0.981. The highest BCUT2D eigenvalue weighted by atomic mass is 16.5. The summed E-state index contributed by atoms with van der Waals surface area (Å²) in [6.45, 7) is 4.53. The van der Waals surface area contributed by atoms with Crippen LogP contribution in [0.4, 0.5) is 0 Å². The van der Waals surface area contributed by atoms with Crippen molar-refractivity contribution >= 4 is 0 Å². The molecule has 0 spiro atoms. The van der Waals surface area contributed by atoms with Gasteiger partial charge in [0.1, 0.15) is 6.10 Å². The minimum absolute atomic E-state index is 0.146. The van der Waals surface area contributed by atoms with Crippen LogP contribution in [-0.2, 0) is 10.3 Å². The number of aliphatic hydroxyl groups excluding tert-OH is 2. The molecule has 33 heavy (non-hydrogen) atoms. The first-order valence-corrected chi connectivity index (χ1v) is 13.1. The third-order valence-corrected chi connectivity index (χ3v) is 10.9. The van der Waals surface area contributed by atoms with Gasteiger partial charge in [0, 0.05) is 5.41 Å². The van der Waals surface area contributed by atoms with Crippen LogP contribution in [0, 0.1) is 28.6 Å². The summed E-state index contributed by atoms with van der Waals surface area (Å²) in [5, 5.41) is 43.1. The Morgan fingerprint density at radius 3 is 2.42 bits per heavy atom. The highest BCUT2D eigenvalue weighted by molar-refractivity contribution is 5.32. The van der Waals surface area contributed by atoms with E-state index in [1.807, 2.05) is 30.3 Å². The second kappa shape index (κ2) is 8.30. The number of rotatable bonds is 5. The molecule has 5 nitrogen and oxygen atoms in total. The van der Waals surface area contributed by atoms with Crippen molar-refractivity contribution in [3.63, 3.8) is 0 Å². The Hall–Kier alpha value is -0.980. The number of ether oxygens (including phenoxy) is 1. The Morgan fingerprint density at radius 1 is 0.939 bits per heavy atom. The van der Waals surface area contributed by atoms with Crippen molar-refractivity contribution in [2.45, 2.75) is 95.0 Å². The zero-order valence-corrected chi connectivity index (χ0v) is 20.2. The quantitative estimate of drug-likeness (QED) is 0.539. The van der Waals surface area contributed by atoms with E-state index in [0.29, 0.717) is 24.7 Å². The molecule has 0 heterocycles. The highest BCUT2D eigenvalue weighted by Gasteiger charge is 2.71. The van der Waals surface area contributed by atoms with Crippen molar-refractivity contribution in [1.29, 1.82) is 0 Å². The number of hydrogen-bond donors (Lipinski definition) is 4. The molecular weight excluding hydrogens is 416 g/mol. The predicted molar refractivity (Wildman–Crippen MR) is 126 cm³/mol. The van der Waals surface area contributed by atoms with Gasteiger partial charge in [-0.1, -0.05) is 44.2 Å². The first kappa shape index (κ1) is 23.7. The van der Waals surface area contributed by atoms with E-state index in [4.69, 9.17) is 9.84 Å². The van der Waals surface area contributed by atoms with E-state index in [9.17, 15) is 15.3 Å². The minimum Gasteiger partial charge on any atom is -0.394 e. The molecule has 4 aliphatic carbocycles. The van der Waals surface area contributed by atoms with Crippen LogP contribution in [0.5, 0.6) is 0 Å². The Kier molecular flexibility index (Phi) is 5.98. The van der Waals surface area contributed by atoms with Crippen LogP contribution in [0.25, 0.3) is 0 Å². The molecule has 1 aromatic carbocycles. The van der Waals surface area contributed by atoms with Crippen LogP contribution >= 0.6 is 0 Å². The molecule has 0 aromatic heterocycles. The Bertz CT molecular complexity index is 846. The normalized spacial score (nSPS) is 47.9. The molecule has 5 rings (SSSR count). The molecule has 1 aromatic rings. The Balaban J connectivity index is 1.37. The fourth-order valence-electron chi connectivity index (χ4n) is 8.83. The fraction of sp³-hybridized carbons (Fsp3) is 0.786. The van der Waals surface area contributed by atoms with Gasteiger partial charge < -0.3 is 25.2 Å². The first-order valence-electron chi connectivity index (χ1n) is 13.1. The van der Waals surface area contributed by atoms with Gasteiger partial charge in [-0.25, -0.2) is 0 Å². The molecule has 5 heteroatoms. The van der Waals surface area contributed by atoms with Crippen molar-refractivity contribution in [3.8, 4) is 0 Å². The summed E-state index contributed by atoms with van der Waals surface area (Å²) >= 11 is 0. The van der Waals surface area contributed by atoms with Gasteiger partial charge in [0.05, 0.1) is 30.5 Å². The maximum atomic E-state index is 12.4. The van der Waals surface area contributed by atoms with Crippen LogP contribution in [0.1, 0.15) is 77.2 Å². The first-order chi connectivity index (χ1) is 15.7. The van der Waals surface area contributed by atoms with E-state index in [2.05, 4.69) is 13.8 Å². The molecule has 1 unspecified atom stereocenters. The van der Waals surface area contributed by atoms with E-state index in [1.165, 1.54) is 0 Å². The van der Waals surface area contributed by atoms with E-state index in [0.717, 1.165) is 50.5 Å². The third-order valence-electron chi connectivity index (χ3n) is 10.9. The molecule has 4 fully saturated rings. The van der Waals surface area contributed by atoms with E-state index in [1.54, 1.807) is 0 Å². The summed E-state index contributed by atoms with van der Waals surface area (Å²) in [6.07, 6.45) is 7.68. The van der Waals surface area contributed by atoms with Gasteiger partial charge in [0.25, 0.3) is 0 Å². The predicted octanol–water partition coefficient (Wildman–Crippen LogP) is 3.77. The van der Waals surface area contributed by atoms with Gasteiger partial charge in [0.15, 0.2) is 0 Å². The number of aliphatic hydroxyl groups is 4. The topological polar surface area (TPSA) is 90.2 Å². The average Bonchev–Trinajstić information content (AvgIpc) is 3.05. The molecule has 4 saturated carbocycles. The zero-order valence-electron chi connectivity index (χ0n) is 20.2. The molecule has 0 amide bonds. The lowest BCUT2D eigenvalue weighted by Crippen LogP contribution is -2.64. The van der Waals surface area contributed by atoms with Crippen molar-refractivity contribution in [2.24, 2.45) is 28.6 Å². The molecular formula is C28H42O5. The summed E-state index contributed by atoms with van der Waals surface area (Å²) in [7, 11) is 0. The Morgan fingerprint density at radius 2 is 1.70 bits per heavy atom. The summed E-state index contributed by atoms with van der Waals surface area (Å²) in [4.78, 5) is 0. The van der Waals surface area contributed by atoms with Crippen LogP contribution in [-0.4, -0.2) is 51.4 Å². The highest BCUT2D eigenvalue weighted by Crippen LogP contribution is 2.71. The molecule has 4 N–H and O–H groups in total. The molecule has 4 aliphatic rings. The lowest BCUT2D eigenvalue weighted by atomic mass is 9.43. The number of fused-ring (bicyclic) bond motifs is 5. The molecule has 0 saturated heterocycles. The van der Waals surface area contributed by atoms with Gasteiger partial charge in [-0.2, -0.15) is 0 Å². The van der Waals surface area contributed by atoms with Gasteiger partial charge in [-0.05, 0) is 86.5 Å². The third kappa shape index (κ3) is 3.37. The van der Waals surface area contributed by atoms with Crippen molar-refractivity contribution in [3.05, 3.63) is 35.9 Å². The summed E-state index contributed by atoms with van der Waals surface area (Å²) < 4.78 is 5.95.